The molecule has 8 heteroatoms. The predicted octanol–water partition coefficient (Wildman–Crippen LogP) is 4.96. The predicted molar refractivity (Wildman–Crippen MR) is 127 cm³/mol. The number of thiazole rings is 1. The Kier molecular flexibility index (Phi) is 6.39. The number of likely N-dealkylation sites (N-methyl/N-ethyl adjacent to an activating group) is 1. The molecule has 6 nitrogen and oxygen atoms in total. The Bertz CT molecular complexity index is 1120. The van der Waals surface area contributed by atoms with Gasteiger partial charge in [0.25, 0.3) is 11.1 Å². The second-order valence-corrected chi connectivity index (χ2v) is 9.15. The third kappa shape index (κ3) is 5.15. The maximum Gasteiger partial charge on any atom is 0.290 e. The normalized spacial score (nSPS) is 14.7. The Labute approximate surface area is 188 Å². The maximum absolute atomic E-state index is 11.6. The number of aromatic nitrogens is 1. The summed E-state index contributed by atoms with van der Waals surface area (Å²) in [6.45, 7) is 3.31. The highest BCUT2D eigenvalue weighted by molar-refractivity contribution is 8.18. The van der Waals surface area contributed by atoms with Gasteiger partial charge in [-0.1, -0.05) is 42.5 Å². The molecule has 0 radical (unpaired) electrons. The largest absolute Gasteiger partial charge is 0.492 e. The molecule has 1 N–H and O–H groups in total. The van der Waals surface area contributed by atoms with E-state index in [0.29, 0.717) is 18.1 Å². The van der Waals surface area contributed by atoms with Crippen molar-refractivity contribution in [3.63, 3.8) is 0 Å². The number of carbonyl (C=O) groups excluding carboxylic acids is 2. The maximum atomic E-state index is 11.6. The quantitative estimate of drug-likeness (QED) is 0.512. The molecule has 1 aliphatic heterocycles. The zero-order valence-corrected chi connectivity index (χ0v) is 18.8. The lowest BCUT2D eigenvalue weighted by Crippen LogP contribution is -2.23. The summed E-state index contributed by atoms with van der Waals surface area (Å²) < 4.78 is 5.86. The monoisotopic (exact) mass is 451 g/mol. The average Bonchev–Trinajstić information content (AvgIpc) is 3.31. The molecule has 3 aromatic rings. The number of nitrogens with zero attached hydrogens (tertiary/aromatic N) is 2. The summed E-state index contributed by atoms with van der Waals surface area (Å²) in [5.74, 6) is 0.390. The fraction of sp³-hybridized carbons (Fsp3) is 0.174. The Morgan fingerprint density at radius 1 is 1.10 bits per heavy atom. The molecule has 0 aliphatic carbocycles. The fourth-order valence-electron chi connectivity index (χ4n) is 3.04. The number of amides is 2. The minimum Gasteiger partial charge on any atom is -0.492 e. The van der Waals surface area contributed by atoms with Crippen molar-refractivity contribution in [1.29, 1.82) is 0 Å². The Morgan fingerprint density at radius 3 is 2.52 bits per heavy atom. The fourth-order valence-corrected chi connectivity index (χ4v) is 4.64. The third-order valence-electron chi connectivity index (χ3n) is 4.67. The SMILES string of the molecule is Cc1sc(N(C)CCOc2ccc(/C=C3/SC(=O)NC3=O)cc2)nc1-c1ccccc1. The van der Waals surface area contributed by atoms with Crippen molar-refractivity contribution in [2.75, 3.05) is 25.1 Å². The van der Waals surface area contributed by atoms with Gasteiger partial charge in [-0.25, -0.2) is 4.98 Å². The van der Waals surface area contributed by atoms with Crippen molar-refractivity contribution in [2.24, 2.45) is 0 Å². The van der Waals surface area contributed by atoms with E-state index in [2.05, 4.69) is 29.3 Å². The van der Waals surface area contributed by atoms with E-state index in [1.54, 1.807) is 17.4 Å². The van der Waals surface area contributed by atoms with Crippen LogP contribution in [-0.4, -0.2) is 36.3 Å². The van der Waals surface area contributed by atoms with Crippen LogP contribution in [-0.2, 0) is 4.79 Å². The number of ether oxygens (including phenoxy) is 1. The van der Waals surface area contributed by atoms with Gasteiger partial charge in [0, 0.05) is 17.5 Å². The van der Waals surface area contributed by atoms with E-state index in [9.17, 15) is 9.59 Å². The molecule has 158 valence electrons. The van der Waals surface area contributed by atoms with Gasteiger partial charge in [-0.3, -0.25) is 14.9 Å². The van der Waals surface area contributed by atoms with E-state index in [0.717, 1.165) is 39.5 Å². The molecule has 0 atom stereocenters. The standard InChI is InChI=1S/C23H21N3O3S2/c1-15-20(17-6-4-3-5-7-17)24-22(30-15)26(2)12-13-29-18-10-8-16(9-11-18)14-19-21(27)25-23(28)31-19/h3-11,14H,12-13H2,1-2H3,(H,25,27,28)/b19-14+. The van der Waals surface area contributed by atoms with Crippen molar-refractivity contribution >= 4 is 45.5 Å². The van der Waals surface area contributed by atoms with Gasteiger partial charge in [0.1, 0.15) is 12.4 Å². The number of benzene rings is 2. The van der Waals surface area contributed by atoms with Gasteiger partial charge in [-0.05, 0) is 42.5 Å². The van der Waals surface area contributed by atoms with Crippen molar-refractivity contribution in [3.8, 4) is 17.0 Å². The number of hydrogen-bond acceptors (Lipinski definition) is 7. The summed E-state index contributed by atoms with van der Waals surface area (Å²) in [4.78, 5) is 31.3. The number of hydrogen-bond donors (Lipinski definition) is 1. The van der Waals surface area contributed by atoms with Crippen molar-refractivity contribution in [2.45, 2.75) is 6.92 Å². The first-order valence-electron chi connectivity index (χ1n) is 9.71. The first-order chi connectivity index (χ1) is 15.0. The van der Waals surface area contributed by atoms with E-state index in [1.807, 2.05) is 49.5 Å². The summed E-state index contributed by atoms with van der Waals surface area (Å²) in [5, 5.41) is 2.87. The van der Waals surface area contributed by atoms with E-state index in [4.69, 9.17) is 9.72 Å². The van der Waals surface area contributed by atoms with E-state index >= 15 is 0 Å². The minimum absolute atomic E-state index is 0.341. The lowest BCUT2D eigenvalue weighted by atomic mass is 10.1. The molecule has 4 rings (SSSR count). The number of carbonyl (C=O) groups is 2. The Morgan fingerprint density at radius 2 is 1.84 bits per heavy atom. The molecule has 1 fully saturated rings. The second-order valence-electron chi connectivity index (χ2n) is 6.96. The Balaban J connectivity index is 1.32. The van der Waals surface area contributed by atoms with Crippen LogP contribution in [0, 0.1) is 6.92 Å². The molecule has 1 saturated heterocycles. The molecule has 1 aliphatic rings. The Hall–Kier alpha value is -3.10. The van der Waals surface area contributed by atoms with Crippen LogP contribution >= 0.6 is 23.1 Å². The summed E-state index contributed by atoms with van der Waals surface area (Å²) in [5.41, 5.74) is 2.98. The highest BCUT2D eigenvalue weighted by Crippen LogP contribution is 2.32. The van der Waals surface area contributed by atoms with Crippen LogP contribution in [0.4, 0.5) is 9.93 Å². The first kappa shape index (κ1) is 21.1. The smallest absolute Gasteiger partial charge is 0.290 e. The number of nitrogens with one attached hydrogen (secondary N) is 1. The highest BCUT2D eigenvalue weighted by Gasteiger charge is 2.24. The van der Waals surface area contributed by atoms with Crippen LogP contribution in [0.1, 0.15) is 10.4 Å². The number of imide groups is 1. The molecule has 0 saturated carbocycles. The number of anilines is 1. The average molecular weight is 452 g/mol. The van der Waals surface area contributed by atoms with Gasteiger partial charge in [-0.2, -0.15) is 0 Å². The van der Waals surface area contributed by atoms with Gasteiger partial charge in [0.2, 0.25) is 0 Å². The zero-order valence-electron chi connectivity index (χ0n) is 17.1. The van der Waals surface area contributed by atoms with Crippen LogP contribution in [0.15, 0.2) is 59.5 Å². The molecule has 0 bridgehead atoms. The van der Waals surface area contributed by atoms with Crippen LogP contribution in [0.5, 0.6) is 5.75 Å². The molecule has 2 heterocycles. The van der Waals surface area contributed by atoms with Crippen LogP contribution in [0.25, 0.3) is 17.3 Å². The molecule has 31 heavy (non-hydrogen) atoms. The molecule has 0 spiro atoms. The van der Waals surface area contributed by atoms with Crippen LogP contribution in [0.3, 0.4) is 0 Å². The van der Waals surface area contributed by atoms with E-state index in [-0.39, 0.29) is 11.1 Å². The van der Waals surface area contributed by atoms with Gasteiger partial charge in [0.15, 0.2) is 5.13 Å². The molecule has 1 aromatic heterocycles. The van der Waals surface area contributed by atoms with Crippen molar-refractivity contribution in [1.82, 2.24) is 10.3 Å². The first-order valence-corrected chi connectivity index (χ1v) is 11.3. The van der Waals surface area contributed by atoms with Crippen LogP contribution < -0.4 is 15.0 Å². The summed E-state index contributed by atoms with van der Waals surface area (Å²) in [6.07, 6.45) is 1.69. The summed E-state index contributed by atoms with van der Waals surface area (Å²) >= 11 is 2.58. The third-order valence-corrected chi connectivity index (χ3v) is 6.57. The highest BCUT2D eigenvalue weighted by atomic mass is 32.2. The summed E-state index contributed by atoms with van der Waals surface area (Å²) in [6, 6.07) is 17.6. The molecule has 2 amide bonds. The minimum atomic E-state index is -0.355. The lowest BCUT2D eigenvalue weighted by molar-refractivity contribution is -0.115. The van der Waals surface area contributed by atoms with Crippen LogP contribution in [0.2, 0.25) is 0 Å². The second kappa shape index (κ2) is 9.36. The number of aryl methyl sites for hydroxylation is 1. The van der Waals surface area contributed by atoms with Gasteiger partial charge in [-0.15, -0.1) is 11.3 Å². The van der Waals surface area contributed by atoms with Crippen molar-refractivity contribution in [3.05, 3.63) is 69.9 Å². The zero-order chi connectivity index (χ0) is 21.8. The molecule has 0 unspecified atom stereocenters. The van der Waals surface area contributed by atoms with Gasteiger partial charge >= 0.3 is 0 Å². The van der Waals surface area contributed by atoms with Gasteiger partial charge in [0.05, 0.1) is 17.1 Å². The van der Waals surface area contributed by atoms with Gasteiger partial charge < -0.3 is 9.64 Å². The molecular weight excluding hydrogens is 430 g/mol. The van der Waals surface area contributed by atoms with E-state index in [1.165, 1.54) is 4.88 Å². The summed E-state index contributed by atoms with van der Waals surface area (Å²) in [7, 11) is 2.01. The number of thioether (sulfide) groups is 1. The van der Waals surface area contributed by atoms with Crippen molar-refractivity contribution < 1.29 is 14.3 Å². The molecular formula is C23H21N3O3S2. The molecule has 2 aromatic carbocycles. The number of rotatable bonds is 7. The van der Waals surface area contributed by atoms with E-state index < -0.39 is 0 Å². The topological polar surface area (TPSA) is 71.5 Å². The lowest BCUT2D eigenvalue weighted by Gasteiger charge is -2.16.